The summed E-state index contributed by atoms with van der Waals surface area (Å²) in [6, 6.07) is 17.8. The molecule has 0 fully saturated rings. The Morgan fingerprint density at radius 2 is 0.757 bits per heavy atom. The van der Waals surface area contributed by atoms with Crippen molar-refractivity contribution in [2.45, 2.75) is 116 Å². The maximum absolute atomic E-state index is 6.84. The Hall–Kier alpha value is -1.26. The summed E-state index contributed by atoms with van der Waals surface area (Å²) in [7, 11) is -0.784. The zero-order valence-corrected chi connectivity index (χ0v) is 27.7. The van der Waals surface area contributed by atoms with E-state index in [9.17, 15) is 0 Å². The van der Waals surface area contributed by atoms with Gasteiger partial charge in [0, 0.05) is 0 Å². The van der Waals surface area contributed by atoms with E-state index >= 15 is 0 Å². The molecule has 0 saturated heterocycles. The Morgan fingerprint density at radius 1 is 0.486 bits per heavy atom. The minimum atomic E-state index is -0.557. The van der Waals surface area contributed by atoms with Crippen LogP contribution in [0.3, 0.4) is 0 Å². The number of hydrogen-bond acceptors (Lipinski definition) is 1. The fourth-order valence-corrected chi connectivity index (χ4v) is 13.9. The average Bonchev–Trinajstić information content (AvgIpc) is 2.68. The van der Waals surface area contributed by atoms with Crippen LogP contribution in [0.5, 0.6) is 0 Å². The van der Waals surface area contributed by atoms with Crippen LogP contribution in [0.2, 0.25) is 0 Å². The molecule has 0 spiro atoms. The summed E-state index contributed by atoms with van der Waals surface area (Å²) in [6.07, 6.45) is 8.82. The summed E-state index contributed by atoms with van der Waals surface area (Å²) in [5.74, 6) is 0. The second-order valence-electron chi connectivity index (χ2n) is 14.5. The molecule has 0 aromatic heterocycles. The van der Waals surface area contributed by atoms with Crippen molar-refractivity contribution in [3.8, 4) is 0 Å². The van der Waals surface area contributed by atoms with E-state index in [0.29, 0.717) is 0 Å². The molecule has 0 amide bonds. The number of hydrogen-bond donors (Lipinski definition) is 1. The van der Waals surface area contributed by atoms with E-state index in [1.54, 1.807) is 0 Å². The normalized spacial score (nSPS) is 14.5. The predicted octanol–water partition coefficient (Wildman–Crippen LogP) is 9.54. The fourth-order valence-electron chi connectivity index (χ4n) is 5.72. The van der Waals surface area contributed by atoms with Gasteiger partial charge in [-0.2, -0.15) is 0 Å². The van der Waals surface area contributed by atoms with Gasteiger partial charge in [0.25, 0.3) is 0 Å². The van der Waals surface area contributed by atoms with Gasteiger partial charge in [0.2, 0.25) is 0 Å². The zero-order chi connectivity index (χ0) is 28.4. The first-order valence-electron chi connectivity index (χ1n) is 13.6. The molecule has 0 aliphatic rings. The van der Waals surface area contributed by atoms with Crippen molar-refractivity contribution in [1.82, 2.24) is 0 Å². The molecule has 0 radical (unpaired) electrons. The molecule has 2 rings (SSSR count). The molecular formula is C34H53NP2. The maximum Gasteiger partial charge on any atom is 0.0502 e. The second kappa shape index (κ2) is 11.5. The Morgan fingerprint density at radius 3 is 1.03 bits per heavy atom. The van der Waals surface area contributed by atoms with Crippen molar-refractivity contribution in [3.63, 3.8) is 0 Å². The van der Waals surface area contributed by atoms with E-state index in [-0.39, 0.29) is 20.6 Å². The van der Waals surface area contributed by atoms with Crippen molar-refractivity contribution >= 4 is 38.6 Å². The number of rotatable bonds is 6. The predicted molar refractivity (Wildman–Crippen MR) is 176 cm³/mol. The molecule has 37 heavy (non-hydrogen) atoms. The van der Waals surface area contributed by atoms with Crippen LogP contribution in [0.25, 0.3) is 12.2 Å². The first-order valence-corrected chi connectivity index (χ1v) is 16.3. The zero-order valence-electron chi connectivity index (χ0n) is 25.9. The van der Waals surface area contributed by atoms with Gasteiger partial charge in [-0.3, -0.25) is 0 Å². The van der Waals surface area contributed by atoms with Crippen LogP contribution in [0.1, 0.15) is 101 Å². The van der Waals surface area contributed by atoms with Crippen molar-refractivity contribution in [3.05, 3.63) is 71.8 Å². The Labute approximate surface area is 231 Å². The van der Waals surface area contributed by atoms with Gasteiger partial charge in [-0.1, -0.05) is 172 Å². The highest BCUT2D eigenvalue weighted by Gasteiger charge is 2.37. The minimum Gasteiger partial charge on any atom is -0.319 e. The largest absolute Gasteiger partial charge is 0.319 e. The molecule has 0 aliphatic heterocycles. The van der Waals surface area contributed by atoms with Gasteiger partial charge in [-0.05, 0) is 49.3 Å². The summed E-state index contributed by atoms with van der Waals surface area (Å²) in [5.41, 5.74) is 8.86. The van der Waals surface area contributed by atoms with E-state index in [1.807, 2.05) is 0 Å². The molecule has 3 heteroatoms. The highest BCUT2D eigenvalue weighted by molar-refractivity contribution is 7.69. The molecule has 2 aromatic carbocycles. The highest BCUT2D eigenvalue weighted by Crippen LogP contribution is 2.59. The SMILES string of the molecule is CC(N)(/C=C\c1ccccc1P(C(C)(C)C)C(C)(C)C)/C=C\c1ccccc1P(C(C)(C)C)C(C)(C)C. The van der Waals surface area contributed by atoms with Crippen LogP contribution in [0.4, 0.5) is 0 Å². The van der Waals surface area contributed by atoms with E-state index in [0.717, 1.165) is 0 Å². The van der Waals surface area contributed by atoms with Crippen LogP contribution >= 0.6 is 15.8 Å². The fraction of sp³-hybridized carbons (Fsp3) is 0.529. The minimum absolute atomic E-state index is 0.214. The van der Waals surface area contributed by atoms with Crippen LogP contribution in [0.15, 0.2) is 60.7 Å². The summed E-state index contributed by atoms with van der Waals surface area (Å²) in [4.78, 5) is 0. The molecule has 0 saturated carbocycles. The average molecular weight is 538 g/mol. The first-order chi connectivity index (χ1) is 16.6. The third-order valence-electron chi connectivity index (χ3n) is 6.28. The Kier molecular flexibility index (Phi) is 9.90. The van der Waals surface area contributed by atoms with Crippen LogP contribution in [-0.4, -0.2) is 26.2 Å². The van der Waals surface area contributed by atoms with E-state index in [4.69, 9.17) is 5.73 Å². The van der Waals surface area contributed by atoms with Gasteiger partial charge in [0.1, 0.15) is 0 Å². The van der Waals surface area contributed by atoms with Gasteiger partial charge >= 0.3 is 0 Å². The quantitative estimate of drug-likeness (QED) is 0.365. The molecule has 1 nitrogen and oxygen atoms in total. The molecule has 204 valence electrons. The van der Waals surface area contributed by atoms with Crippen LogP contribution < -0.4 is 16.3 Å². The molecule has 0 heterocycles. The lowest BCUT2D eigenvalue weighted by Crippen LogP contribution is -2.33. The van der Waals surface area contributed by atoms with Gasteiger partial charge in [-0.15, -0.1) is 0 Å². The lowest BCUT2D eigenvalue weighted by molar-refractivity contribution is 0.714. The van der Waals surface area contributed by atoms with E-state index in [2.05, 4.69) is 163 Å². The summed E-state index contributed by atoms with van der Waals surface area (Å²) >= 11 is 0. The summed E-state index contributed by atoms with van der Waals surface area (Å²) < 4.78 is 0. The topological polar surface area (TPSA) is 26.0 Å². The van der Waals surface area contributed by atoms with Gasteiger partial charge in [0.15, 0.2) is 0 Å². The third-order valence-corrected chi connectivity index (χ3v) is 13.4. The Balaban J connectivity index is 2.47. The molecule has 0 aliphatic carbocycles. The summed E-state index contributed by atoms with van der Waals surface area (Å²) in [5, 5.41) is 3.77. The van der Waals surface area contributed by atoms with E-state index < -0.39 is 21.4 Å². The van der Waals surface area contributed by atoms with Crippen molar-refractivity contribution < 1.29 is 0 Å². The molecule has 2 N–H and O–H groups in total. The van der Waals surface area contributed by atoms with Crippen molar-refractivity contribution in [1.29, 1.82) is 0 Å². The van der Waals surface area contributed by atoms with Crippen LogP contribution in [0, 0.1) is 0 Å². The number of nitrogens with two attached hydrogens (primary N) is 1. The molecule has 0 unspecified atom stereocenters. The van der Waals surface area contributed by atoms with Crippen molar-refractivity contribution in [2.24, 2.45) is 5.73 Å². The smallest absolute Gasteiger partial charge is 0.0502 e. The lowest BCUT2D eigenvalue weighted by atomic mass is 10.00. The highest BCUT2D eigenvalue weighted by atomic mass is 31.1. The lowest BCUT2D eigenvalue weighted by Gasteiger charge is -2.42. The monoisotopic (exact) mass is 537 g/mol. The summed E-state index contributed by atoms with van der Waals surface area (Å²) in [6.45, 7) is 30.6. The van der Waals surface area contributed by atoms with E-state index in [1.165, 1.54) is 21.7 Å². The van der Waals surface area contributed by atoms with Crippen LogP contribution in [-0.2, 0) is 0 Å². The molecule has 0 bridgehead atoms. The second-order valence-corrected chi connectivity index (χ2v) is 22.2. The number of benzene rings is 2. The van der Waals surface area contributed by atoms with Gasteiger partial charge < -0.3 is 5.73 Å². The first kappa shape index (κ1) is 32.0. The molecule has 2 aromatic rings. The standard InChI is InChI=1S/C34H53NP2/c1-30(2,3)36(31(4,5)6)28-20-16-14-18-26(28)22-24-34(13,35)25-23-27-19-15-17-21-29(27)37(32(7,8)9)33(10,11)12/h14-25H,35H2,1-13H3/b24-22-,25-23-. The van der Waals surface area contributed by atoms with Gasteiger partial charge in [-0.25, -0.2) is 0 Å². The van der Waals surface area contributed by atoms with Gasteiger partial charge in [0.05, 0.1) is 5.54 Å². The Bertz CT molecular complexity index is 981. The van der Waals surface area contributed by atoms with Crippen molar-refractivity contribution in [2.75, 3.05) is 0 Å². The maximum atomic E-state index is 6.84. The third kappa shape index (κ3) is 8.88. The molecular weight excluding hydrogens is 484 g/mol. The molecule has 0 atom stereocenters.